The van der Waals surface area contributed by atoms with Crippen LogP contribution in [0.4, 0.5) is 16.2 Å². The number of hydrogen-bond donors (Lipinski definition) is 2. The number of hydrogen-bond acceptors (Lipinski definition) is 5. The number of ether oxygens (including phenoxy) is 2. The Hall–Kier alpha value is -2.83. The predicted octanol–water partition coefficient (Wildman–Crippen LogP) is 2.62. The molecule has 0 aliphatic carbocycles. The fourth-order valence-corrected chi connectivity index (χ4v) is 1.58. The minimum Gasteiger partial charge on any atom is -0.459 e. The van der Waals surface area contributed by atoms with E-state index in [0.29, 0.717) is 11.4 Å². The van der Waals surface area contributed by atoms with Gasteiger partial charge in [-0.3, -0.25) is 10.1 Å². The summed E-state index contributed by atoms with van der Waals surface area (Å²) in [6.45, 7) is 8.05. The van der Waals surface area contributed by atoms with E-state index in [1.165, 1.54) is 13.8 Å². The number of rotatable bonds is 6. The second-order valence-electron chi connectivity index (χ2n) is 4.89. The third kappa shape index (κ3) is 6.64. The van der Waals surface area contributed by atoms with Crippen molar-refractivity contribution in [3.05, 3.63) is 35.9 Å². The van der Waals surface area contributed by atoms with Crippen molar-refractivity contribution in [2.45, 2.75) is 20.8 Å². The van der Waals surface area contributed by atoms with Crippen molar-refractivity contribution < 1.29 is 23.9 Å². The highest BCUT2D eigenvalue weighted by atomic mass is 16.6. The lowest BCUT2D eigenvalue weighted by Crippen LogP contribution is -2.19. The molecule has 0 saturated carbocycles. The Labute approximate surface area is 134 Å². The van der Waals surface area contributed by atoms with Crippen LogP contribution >= 0.6 is 0 Å². The van der Waals surface area contributed by atoms with Crippen LogP contribution in [0.3, 0.4) is 0 Å². The topological polar surface area (TPSA) is 93.7 Å². The molecule has 0 saturated heterocycles. The monoisotopic (exact) mass is 320 g/mol. The SMILES string of the molecule is C=C(C)C(=O)OCCOC(=O)Nc1cc(NC(C)=O)ccc1C. The van der Waals surface area contributed by atoms with Gasteiger partial charge in [-0.2, -0.15) is 0 Å². The van der Waals surface area contributed by atoms with Gasteiger partial charge in [0.25, 0.3) is 0 Å². The average Bonchev–Trinajstić information content (AvgIpc) is 2.46. The molecule has 0 aromatic heterocycles. The number of carbonyl (C=O) groups is 3. The maximum atomic E-state index is 11.7. The molecule has 124 valence electrons. The molecule has 0 radical (unpaired) electrons. The van der Waals surface area contributed by atoms with Gasteiger partial charge in [0.1, 0.15) is 13.2 Å². The highest BCUT2D eigenvalue weighted by molar-refractivity contribution is 5.91. The molecule has 7 heteroatoms. The molecule has 2 N–H and O–H groups in total. The van der Waals surface area contributed by atoms with E-state index in [2.05, 4.69) is 17.2 Å². The van der Waals surface area contributed by atoms with E-state index in [1.807, 2.05) is 6.92 Å². The van der Waals surface area contributed by atoms with Gasteiger partial charge in [0, 0.05) is 23.9 Å². The summed E-state index contributed by atoms with van der Waals surface area (Å²) in [6, 6.07) is 5.11. The Kier molecular flexibility index (Phi) is 6.79. The first-order chi connectivity index (χ1) is 10.8. The third-order valence-electron chi connectivity index (χ3n) is 2.69. The zero-order valence-corrected chi connectivity index (χ0v) is 13.4. The Bertz CT molecular complexity index is 625. The lowest BCUT2D eigenvalue weighted by Gasteiger charge is -2.11. The quantitative estimate of drug-likeness (QED) is 0.477. The highest BCUT2D eigenvalue weighted by Crippen LogP contribution is 2.20. The highest BCUT2D eigenvalue weighted by Gasteiger charge is 2.08. The molecule has 0 fully saturated rings. The van der Waals surface area contributed by atoms with Crippen LogP contribution in [0.2, 0.25) is 0 Å². The fourth-order valence-electron chi connectivity index (χ4n) is 1.58. The number of esters is 1. The maximum Gasteiger partial charge on any atom is 0.411 e. The summed E-state index contributed by atoms with van der Waals surface area (Å²) in [7, 11) is 0. The summed E-state index contributed by atoms with van der Waals surface area (Å²) < 4.78 is 9.71. The van der Waals surface area contributed by atoms with Crippen LogP contribution in [-0.2, 0) is 19.1 Å². The van der Waals surface area contributed by atoms with Gasteiger partial charge in [0.2, 0.25) is 5.91 Å². The fraction of sp³-hybridized carbons (Fsp3) is 0.312. The molecule has 0 aliphatic heterocycles. The summed E-state index contributed by atoms with van der Waals surface area (Å²) in [5.41, 5.74) is 2.17. The Morgan fingerprint density at radius 2 is 1.74 bits per heavy atom. The average molecular weight is 320 g/mol. The first-order valence-electron chi connectivity index (χ1n) is 6.94. The molecule has 1 aromatic rings. The second-order valence-corrected chi connectivity index (χ2v) is 4.89. The Morgan fingerprint density at radius 1 is 1.09 bits per heavy atom. The van der Waals surface area contributed by atoms with Crippen LogP contribution < -0.4 is 10.6 Å². The number of nitrogens with one attached hydrogen (secondary N) is 2. The summed E-state index contributed by atoms with van der Waals surface area (Å²) in [6.07, 6.45) is -0.681. The lowest BCUT2D eigenvalue weighted by molar-refractivity contribution is -0.139. The number of aryl methyl sites for hydroxylation is 1. The van der Waals surface area contributed by atoms with Gasteiger partial charge < -0.3 is 14.8 Å². The third-order valence-corrected chi connectivity index (χ3v) is 2.69. The Morgan fingerprint density at radius 3 is 2.35 bits per heavy atom. The van der Waals surface area contributed by atoms with Crippen LogP contribution in [0.15, 0.2) is 30.4 Å². The van der Waals surface area contributed by atoms with Crippen LogP contribution in [0, 0.1) is 6.92 Å². The predicted molar refractivity (Wildman–Crippen MR) is 86.2 cm³/mol. The zero-order valence-electron chi connectivity index (χ0n) is 13.4. The largest absolute Gasteiger partial charge is 0.459 e. The molecular weight excluding hydrogens is 300 g/mol. The lowest BCUT2D eigenvalue weighted by atomic mass is 10.2. The molecular formula is C16H20N2O5. The summed E-state index contributed by atoms with van der Waals surface area (Å²) >= 11 is 0. The summed E-state index contributed by atoms with van der Waals surface area (Å²) in [5, 5.41) is 5.19. The van der Waals surface area contributed by atoms with Crippen molar-refractivity contribution in [2.75, 3.05) is 23.8 Å². The van der Waals surface area contributed by atoms with Crippen molar-refractivity contribution in [3.8, 4) is 0 Å². The van der Waals surface area contributed by atoms with Crippen molar-refractivity contribution >= 4 is 29.3 Å². The van der Waals surface area contributed by atoms with Crippen molar-refractivity contribution in [1.29, 1.82) is 0 Å². The van der Waals surface area contributed by atoms with Crippen molar-refractivity contribution in [2.24, 2.45) is 0 Å². The molecule has 0 atom stereocenters. The molecule has 23 heavy (non-hydrogen) atoms. The molecule has 0 aliphatic rings. The smallest absolute Gasteiger partial charge is 0.411 e. The van der Waals surface area contributed by atoms with Crippen LogP contribution in [0.1, 0.15) is 19.4 Å². The zero-order chi connectivity index (χ0) is 17.4. The molecule has 0 heterocycles. The molecule has 0 unspecified atom stereocenters. The molecule has 1 rings (SSSR count). The van der Waals surface area contributed by atoms with Gasteiger partial charge in [-0.05, 0) is 31.5 Å². The Balaban J connectivity index is 2.49. The van der Waals surface area contributed by atoms with Gasteiger partial charge in [-0.15, -0.1) is 0 Å². The summed E-state index contributed by atoms with van der Waals surface area (Å²) in [4.78, 5) is 33.9. The van der Waals surface area contributed by atoms with E-state index >= 15 is 0 Å². The molecule has 0 bridgehead atoms. The first-order valence-corrected chi connectivity index (χ1v) is 6.94. The van der Waals surface area contributed by atoms with Crippen LogP contribution in [-0.4, -0.2) is 31.2 Å². The minimum absolute atomic E-state index is 0.0516. The number of anilines is 2. The van der Waals surface area contributed by atoms with Gasteiger partial charge in [-0.25, -0.2) is 9.59 Å². The van der Waals surface area contributed by atoms with Gasteiger partial charge in [0.15, 0.2) is 0 Å². The molecule has 2 amide bonds. The first kappa shape index (κ1) is 18.2. The van der Waals surface area contributed by atoms with E-state index in [4.69, 9.17) is 9.47 Å². The van der Waals surface area contributed by atoms with E-state index in [1.54, 1.807) is 18.2 Å². The van der Waals surface area contributed by atoms with Gasteiger partial charge in [-0.1, -0.05) is 12.6 Å². The number of carbonyl (C=O) groups excluding carboxylic acids is 3. The van der Waals surface area contributed by atoms with Crippen molar-refractivity contribution in [1.82, 2.24) is 0 Å². The maximum absolute atomic E-state index is 11.7. The van der Waals surface area contributed by atoms with E-state index in [9.17, 15) is 14.4 Å². The number of amides is 2. The van der Waals surface area contributed by atoms with Crippen molar-refractivity contribution in [3.63, 3.8) is 0 Å². The van der Waals surface area contributed by atoms with Crippen LogP contribution in [0.5, 0.6) is 0 Å². The normalized spacial score (nSPS) is 9.70. The standard InChI is InChI=1S/C16H20N2O5/c1-10(2)15(20)22-7-8-23-16(21)18-14-9-13(17-12(4)19)6-5-11(14)3/h5-6,9H,1,7-8H2,2-4H3,(H,17,19)(H,18,21). The van der Waals surface area contributed by atoms with E-state index < -0.39 is 12.1 Å². The molecule has 1 aromatic carbocycles. The molecule has 7 nitrogen and oxygen atoms in total. The van der Waals surface area contributed by atoms with E-state index in [0.717, 1.165) is 5.56 Å². The summed E-state index contributed by atoms with van der Waals surface area (Å²) in [5.74, 6) is -0.741. The van der Waals surface area contributed by atoms with Gasteiger partial charge >= 0.3 is 12.1 Å². The number of benzene rings is 1. The van der Waals surface area contributed by atoms with Crippen LogP contribution in [0.25, 0.3) is 0 Å². The van der Waals surface area contributed by atoms with Gasteiger partial charge in [0.05, 0.1) is 0 Å². The second kappa shape index (κ2) is 8.57. The van der Waals surface area contributed by atoms with E-state index in [-0.39, 0.29) is 24.7 Å². The minimum atomic E-state index is -0.681. The molecule has 0 spiro atoms.